The van der Waals surface area contributed by atoms with Crippen LogP contribution >= 0.6 is 7.67 Å². The molecule has 0 unspecified atom stereocenters. The topological polar surface area (TPSA) is 226 Å². The third kappa shape index (κ3) is 7.63. The van der Waals surface area contributed by atoms with Gasteiger partial charge >= 0.3 is 25.6 Å². The Morgan fingerprint density at radius 2 is 1.67 bits per heavy atom. The molecule has 1 aliphatic rings. The van der Waals surface area contributed by atoms with Crippen LogP contribution in [0.4, 0.5) is 5.69 Å². The van der Waals surface area contributed by atoms with Gasteiger partial charge in [-0.15, -0.1) is 0 Å². The van der Waals surface area contributed by atoms with E-state index in [4.69, 9.17) is 29.2 Å². The van der Waals surface area contributed by atoms with E-state index in [0.29, 0.717) is 11.2 Å². The SMILES string of the molecule is CC(=O)O[C@@H]1[C@@H](COP(=O)(N[C@@H](C)C(=O)OC(C)C)N[C@@H](C)C(=O)OC(C)C)O[C@@](C#N)(c2ccc3c(N)ccnn23)[C@]1(C)O. The van der Waals surface area contributed by atoms with E-state index in [1.165, 1.54) is 37.5 Å². The minimum absolute atomic E-state index is 0.0755. The van der Waals surface area contributed by atoms with Crippen molar-refractivity contribution in [2.75, 3.05) is 12.3 Å². The second-order valence-corrected chi connectivity index (χ2v) is 13.3. The van der Waals surface area contributed by atoms with E-state index in [1.54, 1.807) is 39.8 Å². The zero-order chi connectivity index (χ0) is 33.9. The smallest absolute Gasteiger partial charge is 0.342 e. The van der Waals surface area contributed by atoms with E-state index in [1.807, 2.05) is 6.07 Å². The maximum Gasteiger partial charge on any atom is 0.342 e. The number of hydrogen-bond acceptors (Lipinski definition) is 13. The van der Waals surface area contributed by atoms with Crippen LogP contribution in [0.5, 0.6) is 0 Å². The molecule has 2 aromatic rings. The first-order valence-corrected chi connectivity index (χ1v) is 15.9. The third-order valence-electron chi connectivity index (χ3n) is 6.89. The number of nitrogens with one attached hydrogen (secondary N) is 2. The number of hydrogen-bond donors (Lipinski definition) is 4. The summed E-state index contributed by atoms with van der Waals surface area (Å²) in [7, 11) is -4.36. The summed E-state index contributed by atoms with van der Waals surface area (Å²) in [5.41, 5.74) is 2.50. The molecule has 0 saturated carbocycles. The number of aliphatic hydroxyl groups is 1. The van der Waals surface area contributed by atoms with Gasteiger partial charge in [-0.05, 0) is 66.7 Å². The molecule has 0 radical (unpaired) electrons. The summed E-state index contributed by atoms with van der Waals surface area (Å²) < 4.78 is 43.2. The van der Waals surface area contributed by atoms with Gasteiger partial charge in [-0.25, -0.2) is 14.7 Å². The Morgan fingerprint density at radius 1 is 1.11 bits per heavy atom. The first-order chi connectivity index (χ1) is 20.9. The van der Waals surface area contributed by atoms with Crippen LogP contribution in [0, 0.1) is 11.3 Å². The van der Waals surface area contributed by atoms with Crippen LogP contribution < -0.4 is 15.9 Å². The Bertz CT molecular complexity index is 1470. The molecule has 1 saturated heterocycles. The van der Waals surface area contributed by atoms with E-state index in [9.17, 15) is 29.3 Å². The summed E-state index contributed by atoms with van der Waals surface area (Å²) in [5.74, 6) is -2.30. The average molecular weight is 653 g/mol. The number of nitrogen functional groups attached to an aromatic ring is 1. The monoisotopic (exact) mass is 652 g/mol. The molecule has 16 nitrogen and oxygen atoms in total. The molecule has 0 aliphatic carbocycles. The number of esters is 3. The minimum atomic E-state index is -4.36. The fraction of sp³-hybridized carbons (Fsp3) is 0.607. The molecule has 3 rings (SSSR count). The number of nitriles is 1. The molecular formula is C28H41N6O10P. The number of anilines is 1. The van der Waals surface area contributed by atoms with E-state index >= 15 is 0 Å². The Balaban J connectivity index is 2.00. The Hall–Kier alpha value is -3.58. The van der Waals surface area contributed by atoms with Crippen molar-refractivity contribution in [3.63, 3.8) is 0 Å². The van der Waals surface area contributed by atoms with Crippen molar-refractivity contribution in [2.45, 2.75) is 103 Å². The standard InChI is InChI=1S/C28H41N6O10P/c1-15(2)41-25(36)17(5)32-45(39,33-18(6)26(37)42-16(3)4)40-13-22-24(43-19(7)35)27(8,38)28(14-29,44-22)23-10-9-21-20(30)11-12-31-34(21)23/h9-12,15-18,22,24,38H,13,30H2,1-8H3,(H2,32,33,39)/t17-,18-,22+,24+,27+,28-/m0/s1. The van der Waals surface area contributed by atoms with Crippen molar-refractivity contribution in [3.8, 4) is 6.07 Å². The fourth-order valence-electron chi connectivity index (χ4n) is 4.86. The molecular weight excluding hydrogens is 611 g/mol. The number of aromatic nitrogens is 2. The number of carbonyl (C=O) groups is 3. The quantitative estimate of drug-likeness (QED) is 0.137. The number of carbonyl (C=O) groups excluding carboxylic acids is 3. The van der Waals surface area contributed by atoms with E-state index < -0.39 is 79.9 Å². The van der Waals surface area contributed by atoms with Crippen LogP contribution in [-0.2, 0) is 48.0 Å². The Labute approximate surface area is 261 Å². The van der Waals surface area contributed by atoms with E-state index in [2.05, 4.69) is 15.3 Å². The molecule has 0 aromatic carbocycles. The highest BCUT2D eigenvalue weighted by Crippen LogP contribution is 2.50. The first kappa shape index (κ1) is 35.9. The zero-order valence-electron chi connectivity index (χ0n) is 26.5. The average Bonchev–Trinajstić information content (AvgIpc) is 3.45. The van der Waals surface area contributed by atoms with Gasteiger partial charge in [-0.2, -0.15) is 10.4 Å². The molecule has 1 fully saturated rings. The van der Waals surface area contributed by atoms with E-state index in [0.717, 1.165) is 6.92 Å². The second-order valence-electron chi connectivity index (χ2n) is 11.4. The molecule has 248 valence electrons. The zero-order valence-corrected chi connectivity index (χ0v) is 27.4. The van der Waals surface area contributed by atoms with Crippen LogP contribution in [0.3, 0.4) is 0 Å². The van der Waals surface area contributed by atoms with Crippen LogP contribution in [-0.4, -0.2) is 81.3 Å². The Morgan fingerprint density at radius 3 is 2.16 bits per heavy atom. The lowest BCUT2D eigenvalue weighted by Crippen LogP contribution is -2.53. The molecule has 1 aliphatic heterocycles. The number of ether oxygens (including phenoxy) is 4. The summed E-state index contributed by atoms with van der Waals surface area (Å²) in [6.45, 7) is 11.0. The van der Waals surface area contributed by atoms with Crippen molar-refractivity contribution < 1.29 is 47.5 Å². The summed E-state index contributed by atoms with van der Waals surface area (Å²) in [6.07, 6.45) is -2.47. The first-order valence-electron chi connectivity index (χ1n) is 14.3. The molecule has 3 heterocycles. The lowest BCUT2D eigenvalue weighted by Gasteiger charge is -2.34. The van der Waals surface area contributed by atoms with Gasteiger partial charge in [-0.3, -0.25) is 18.9 Å². The van der Waals surface area contributed by atoms with Gasteiger partial charge in [0.1, 0.15) is 29.9 Å². The molecule has 5 N–H and O–H groups in total. The van der Waals surface area contributed by atoms with Gasteiger partial charge in [0.15, 0.2) is 6.10 Å². The third-order valence-corrected chi connectivity index (χ3v) is 8.86. The predicted octanol–water partition coefficient (Wildman–Crippen LogP) is 1.70. The number of fused-ring (bicyclic) bond motifs is 1. The number of rotatable bonds is 13. The van der Waals surface area contributed by atoms with Gasteiger partial charge in [0.2, 0.25) is 5.60 Å². The summed E-state index contributed by atoms with van der Waals surface area (Å²) in [4.78, 5) is 37.3. The highest BCUT2D eigenvalue weighted by molar-refractivity contribution is 7.54. The van der Waals surface area contributed by atoms with Gasteiger partial charge in [-0.1, -0.05) is 0 Å². The van der Waals surface area contributed by atoms with Crippen LogP contribution in [0.2, 0.25) is 0 Å². The summed E-state index contributed by atoms with van der Waals surface area (Å²) in [6, 6.07) is 4.26. The highest BCUT2D eigenvalue weighted by Gasteiger charge is 2.67. The fourth-order valence-corrected chi connectivity index (χ4v) is 6.67. The minimum Gasteiger partial charge on any atom is -0.462 e. The molecule has 2 aromatic heterocycles. The normalized spacial score (nSPS) is 24.8. The van der Waals surface area contributed by atoms with Crippen LogP contribution in [0.25, 0.3) is 5.52 Å². The van der Waals surface area contributed by atoms with Crippen molar-refractivity contribution >= 4 is 36.8 Å². The van der Waals surface area contributed by atoms with Gasteiger partial charge in [0.05, 0.1) is 35.7 Å². The summed E-state index contributed by atoms with van der Waals surface area (Å²) in [5, 5.41) is 31.7. The van der Waals surface area contributed by atoms with Gasteiger partial charge in [0, 0.05) is 13.1 Å². The number of nitrogens with zero attached hydrogens (tertiary/aromatic N) is 3. The van der Waals surface area contributed by atoms with Gasteiger partial charge < -0.3 is 34.3 Å². The largest absolute Gasteiger partial charge is 0.462 e. The predicted molar refractivity (Wildman–Crippen MR) is 159 cm³/mol. The van der Waals surface area contributed by atoms with Crippen molar-refractivity contribution in [2.24, 2.45) is 0 Å². The lowest BCUT2D eigenvalue weighted by atomic mass is 9.80. The van der Waals surface area contributed by atoms with E-state index in [-0.39, 0.29) is 5.69 Å². The molecule has 0 amide bonds. The molecule has 0 bridgehead atoms. The molecule has 17 heteroatoms. The van der Waals surface area contributed by atoms with Gasteiger partial charge in [0.25, 0.3) is 0 Å². The van der Waals surface area contributed by atoms with Crippen molar-refractivity contribution in [1.29, 1.82) is 5.26 Å². The van der Waals surface area contributed by atoms with Crippen molar-refractivity contribution in [1.82, 2.24) is 19.8 Å². The number of nitrogens with two attached hydrogens (primary N) is 1. The summed E-state index contributed by atoms with van der Waals surface area (Å²) >= 11 is 0. The second kappa shape index (κ2) is 13.8. The molecule has 45 heavy (non-hydrogen) atoms. The van der Waals surface area contributed by atoms with Crippen LogP contribution in [0.15, 0.2) is 24.4 Å². The lowest BCUT2D eigenvalue weighted by molar-refractivity contribution is -0.162. The molecule has 0 spiro atoms. The molecule has 6 atom stereocenters. The maximum absolute atomic E-state index is 14.2. The van der Waals surface area contributed by atoms with Crippen LogP contribution in [0.1, 0.15) is 61.1 Å². The van der Waals surface area contributed by atoms with Crippen molar-refractivity contribution in [3.05, 3.63) is 30.1 Å². The maximum atomic E-state index is 14.2. The Kier molecular flexibility index (Phi) is 11.0. The highest BCUT2D eigenvalue weighted by atomic mass is 31.2.